The Labute approximate surface area is 436 Å². The Bertz CT molecular complexity index is 2110. The van der Waals surface area contributed by atoms with Gasteiger partial charge in [0.05, 0.1) is 25.4 Å². The number of phosphoric ester groups is 2. The van der Waals surface area contributed by atoms with Crippen LogP contribution in [0.5, 0.6) is 0 Å². The third kappa shape index (κ3) is 31.7. The van der Waals surface area contributed by atoms with Crippen molar-refractivity contribution in [1.29, 1.82) is 0 Å². The molecule has 9 atom stereocenters. The van der Waals surface area contributed by atoms with Crippen LogP contribution in [0.3, 0.4) is 0 Å². The zero-order chi connectivity index (χ0) is 54.5. The quantitative estimate of drug-likeness (QED) is 0.0106. The summed E-state index contributed by atoms with van der Waals surface area (Å²) in [4.78, 5) is 61.9. The van der Waals surface area contributed by atoms with Gasteiger partial charge in [0.15, 0.2) is 12.3 Å². The average molecular weight is 1080 g/mol. The Morgan fingerprint density at radius 2 is 1.27 bits per heavy atom. The van der Waals surface area contributed by atoms with E-state index in [9.17, 15) is 53.7 Å². The summed E-state index contributed by atoms with van der Waals surface area (Å²) < 4.78 is 56.6. The van der Waals surface area contributed by atoms with E-state index < -0.39 is 95.9 Å². The monoisotopic (exact) mass is 1080 g/mol. The molecule has 22 heteroatoms. The van der Waals surface area contributed by atoms with Crippen LogP contribution in [-0.2, 0) is 46.3 Å². The molecule has 0 aromatic carbocycles. The fourth-order valence-corrected chi connectivity index (χ4v) is 9.17. The summed E-state index contributed by atoms with van der Waals surface area (Å²) in [5.41, 5.74) is 4.56. The van der Waals surface area contributed by atoms with E-state index in [0.29, 0.717) is 19.3 Å². The lowest BCUT2D eigenvalue weighted by Gasteiger charge is -2.21. The molecule has 20 nitrogen and oxygen atoms in total. The minimum absolute atomic E-state index is 0.0296. The van der Waals surface area contributed by atoms with Gasteiger partial charge in [-0.15, -0.1) is 0 Å². The number of hydrogen-bond donors (Lipinski definition) is 7. The van der Waals surface area contributed by atoms with Crippen LogP contribution in [0.2, 0.25) is 0 Å². The molecule has 0 bridgehead atoms. The summed E-state index contributed by atoms with van der Waals surface area (Å²) >= 11 is 0. The van der Waals surface area contributed by atoms with Crippen LogP contribution in [-0.4, -0.2) is 108 Å². The minimum Gasteiger partial charge on any atom is -0.462 e. The number of ether oxygens (including phenoxy) is 3. The number of unbranched alkanes of at least 4 members (excludes halogenated alkanes) is 9. The average Bonchev–Trinajstić information content (AvgIpc) is 3.63. The number of rotatable bonds is 41. The van der Waals surface area contributed by atoms with Crippen molar-refractivity contribution in [3.63, 3.8) is 0 Å². The maximum atomic E-state index is 12.9. The van der Waals surface area contributed by atoms with Crippen LogP contribution in [0.15, 0.2) is 102 Å². The molecule has 1 aliphatic rings. The molecule has 1 aromatic heterocycles. The van der Waals surface area contributed by atoms with E-state index in [0.717, 1.165) is 75.0 Å². The number of aliphatic hydroxyl groups is 4. The molecule has 1 aromatic rings. The molecule has 8 N–H and O–H groups in total. The van der Waals surface area contributed by atoms with Gasteiger partial charge in [-0.2, -0.15) is 9.29 Å². The van der Waals surface area contributed by atoms with Gasteiger partial charge in [-0.1, -0.05) is 144 Å². The van der Waals surface area contributed by atoms with Crippen LogP contribution < -0.4 is 11.4 Å². The molecule has 1 fully saturated rings. The Balaban J connectivity index is 1.88. The lowest BCUT2D eigenvalue weighted by molar-refractivity contribution is -0.161. The van der Waals surface area contributed by atoms with E-state index in [1.54, 1.807) is 24.3 Å². The van der Waals surface area contributed by atoms with Gasteiger partial charge in [-0.25, -0.2) is 13.9 Å². The summed E-state index contributed by atoms with van der Waals surface area (Å²) in [5.74, 6) is -1.57. The van der Waals surface area contributed by atoms with Gasteiger partial charge in [-0.3, -0.25) is 23.2 Å². The fourth-order valence-electron chi connectivity index (χ4n) is 7.06. The maximum absolute atomic E-state index is 12.9. The summed E-state index contributed by atoms with van der Waals surface area (Å²) in [6.07, 6.45) is 34.4. The van der Waals surface area contributed by atoms with Crippen molar-refractivity contribution in [3.8, 4) is 0 Å². The van der Waals surface area contributed by atoms with Gasteiger partial charge >= 0.3 is 33.3 Å². The number of nitrogen functional groups attached to an aromatic ring is 1. The lowest BCUT2D eigenvalue weighted by atomic mass is 10.1. The molecule has 0 aliphatic carbocycles. The first kappa shape index (κ1) is 66.0. The maximum Gasteiger partial charge on any atom is 0.481 e. The second-order valence-electron chi connectivity index (χ2n) is 17.7. The smallest absolute Gasteiger partial charge is 0.462 e. The van der Waals surface area contributed by atoms with Gasteiger partial charge in [-0.05, 0) is 76.7 Å². The standard InChI is InChI=1S/C52H83N3O17P2/c1-3-5-7-8-9-10-11-12-13-14-15-16-17-18-22-25-29-35-48(59)70-44(39-67-47(58)36-30-34-43(57)33-28-24-21-19-20-23-27-32-42(56)31-26-6-4-2)40-68-73(63,64)72-74(65,66)69-41-45-49(60)50(61)51(71-45)55-38-37-46(53)54-52(55)62/h9-10,12-13,15-16,20-21,23-24,27-28,32-33,37-38,42-45,49-51,56-57,60-61H,3-8,11,14,17-19,22,25-26,29-31,34-36,39-41H2,1-2H3,(H,63,64)(H,65,66)(H2,53,54,62)/b10-9-,13-12-,16-15-,23-20-,24-21-,32-27+,33-28+/t42-,43-,44+,45+,49+,50+,51+/m0/s1. The number of anilines is 1. The van der Waals surface area contributed by atoms with Gasteiger partial charge in [0, 0.05) is 19.0 Å². The Kier molecular flexibility index (Phi) is 35.0. The van der Waals surface area contributed by atoms with Crippen molar-refractivity contribution in [2.45, 2.75) is 185 Å². The Morgan fingerprint density at radius 3 is 1.91 bits per heavy atom. The highest BCUT2D eigenvalue weighted by Crippen LogP contribution is 2.60. The Morgan fingerprint density at radius 1 is 0.716 bits per heavy atom. The number of carbonyl (C=O) groups excluding carboxylic acids is 2. The predicted molar refractivity (Wildman–Crippen MR) is 282 cm³/mol. The second-order valence-corrected chi connectivity index (χ2v) is 20.8. The van der Waals surface area contributed by atoms with Crippen molar-refractivity contribution in [2.24, 2.45) is 0 Å². The highest BCUT2D eigenvalue weighted by Gasteiger charge is 2.46. The largest absolute Gasteiger partial charge is 0.481 e. The predicted octanol–water partition coefficient (Wildman–Crippen LogP) is 8.61. The number of nitrogens with two attached hydrogens (primary N) is 1. The van der Waals surface area contributed by atoms with Crippen molar-refractivity contribution >= 4 is 33.4 Å². The number of aliphatic hydroxyl groups excluding tert-OH is 4. The highest BCUT2D eigenvalue weighted by molar-refractivity contribution is 7.61. The van der Waals surface area contributed by atoms with Crippen LogP contribution >= 0.6 is 15.6 Å². The molecule has 74 heavy (non-hydrogen) atoms. The van der Waals surface area contributed by atoms with Gasteiger partial charge in [0.2, 0.25) is 0 Å². The number of nitrogens with zero attached hydrogens (tertiary/aromatic N) is 2. The molecule has 2 heterocycles. The van der Waals surface area contributed by atoms with Crippen LogP contribution in [0.4, 0.5) is 5.82 Å². The minimum atomic E-state index is -5.48. The summed E-state index contributed by atoms with van der Waals surface area (Å²) in [6.45, 7) is 1.77. The molecule has 1 saturated heterocycles. The van der Waals surface area contributed by atoms with E-state index in [-0.39, 0.29) is 31.5 Å². The summed E-state index contributed by atoms with van der Waals surface area (Å²) in [5, 5.41) is 41.2. The number of aromatic nitrogens is 2. The fraction of sp³-hybridized carbons (Fsp3) is 0.615. The van der Waals surface area contributed by atoms with Crippen LogP contribution in [0.25, 0.3) is 0 Å². The van der Waals surface area contributed by atoms with Crippen molar-refractivity contribution in [1.82, 2.24) is 9.55 Å². The van der Waals surface area contributed by atoms with Crippen molar-refractivity contribution in [3.05, 3.63) is 108 Å². The van der Waals surface area contributed by atoms with E-state index >= 15 is 0 Å². The van der Waals surface area contributed by atoms with Crippen molar-refractivity contribution in [2.75, 3.05) is 25.6 Å². The summed E-state index contributed by atoms with van der Waals surface area (Å²) in [6, 6.07) is 1.23. The topological polar surface area (TPSA) is 306 Å². The first-order chi connectivity index (χ1) is 35.5. The van der Waals surface area contributed by atoms with E-state index in [1.165, 1.54) is 25.3 Å². The molecule has 0 spiro atoms. The van der Waals surface area contributed by atoms with Crippen molar-refractivity contribution < 1.29 is 76.5 Å². The number of allylic oxidation sites excluding steroid dienone is 12. The SMILES string of the molecule is CCCCC/C=C\C/C=C\C/C=C\CCCCCCC(=O)O[C@H](COC(=O)CCC[C@@H](O)/C=C/C=C\C/C=C\C=C\[C@@H](O)CCCCC)COP(=O)(O)OP(=O)(O)OC[C@H]1O[C@@H](n2ccc(N)nc2=O)[C@H](O)[C@@H]1O. The first-order valence-corrected chi connectivity index (χ1v) is 28.8. The van der Waals surface area contributed by atoms with E-state index in [2.05, 4.69) is 59.6 Å². The number of carbonyl (C=O) groups is 2. The van der Waals surface area contributed by atoms with Crippen LogP contribution in [0.1, 0.15) is 148 Å². The van der Waals surface area contributed by atoms with Crippen LogP contribution in [0, 0.1) is 0 Å². The van der Waals surface area contributed by atoms with E-state index in [1.807, 2.05) is 24.3 Å². The third-order valence-corrected chi connectivity index (χ3v) is 13.8. The van der Waals surface area contributed by atoms with E-state index in [4.69, 9.17) is 29.0 Å². The molecule has 418 valence electrons. The zero-order valence-corrected chi connectivity index (χ0v) is 44.9. The second kappa shape index (κ2) is 39.3. The Hall–Kier alpha value is -4.14. The highest BCUT2D eigenvalue weighted by atomic mass is 31.3. The molecule has 0 amide bonds. The van der Waals surface area contributed by atoms with Gasteiger partial charge in [0.1, 0.15) is 30.7 Å². The van der Waals surface area contributed by atoms with Gasteiger partial charge < -0.3 is 50.2 Å². The number of hydrogen-bond acceptors (Lipinski definition) is 17. The molecule has 0 radical (unpaired) electrons. The molecule has 1 aliphatic heterocycles. The molecule has 2 rings (SSSR count). The third-order valence-electron chi connectivity index (χ3n) is 11.2. The normalized spacial score (nSPS) is 20.4. The first-order valence-electron chi connectivity index (χ1n) is 25.8. The number of esters is 2. The lowest BCUT2D eigenvalue weighted by Crippen LogP contribution is -2.36. The zero-order valence-electron chi connectivity index (χ0n) is 43.1. The molecular formula is C52H83N3O17P2. The number of phosphoric acid groups is 2. The molecular weight excluding hydrogens is 1000 g/mol. The molecule has 0 saturated carbocycles. The van der Waals surface area contributed by atoms with Gasteiger partial charge in [0.25, 0.3) is 0 Å². The summed E-state index contributed by atoms with van der Waals surface area (Å²) in [7, 11) is -11.0. The molecule has 2 unspecified atom stereocenters.